The minimum absolute atomic E-state index is 0.411. The third kappa shape index (κ3) is 1.64. The Labute approximate surface area is 81.6 Å². The zero-order valence-electron chi connectivity index (χ0n) is 7.47. The number of benzene rings is 1. The summed E-state index contributed by atoms with van der Waals surface area (Å²) in [7, 11) is 0. The van der Waals surface area contributed by atoms with Crippen molar-refractivity contribution in [3.05, 3.63) is 42.3 Å². The van der Waals surface area contributed by atoms with Gasteiger partial charge in [-0.25, -0.2) is 4.98 Å². The van der Waals surface area contributed by atoms with Gasteiger partial charge in [0, 0.05) is 5.56 Å². The quantitative estimate of drug-likeness (QED) is 0.720. The van der Waals surface area contributed by atoms with Gasteiger partial charge < -0.3 is 4.42 Å². The summed E-state index contributed by atoms with van der Waals surface area (Å²) in [5.74, 6) is 0.588. The van der Waals surface area contributed by atoms with E-state index in [-0.39, 0.29) is 0 Å². The highest BCUT2D eigenvalue weighted by molar-refractivity contribution is 5.54. The van der Waals surface area contributed by atoms with Crippen LogP contribution in [0.3, 0.4) is 0 Å². The molecule has 0 atom stereocenters. The Bertz CT molecular complexity index is 454. The van der Waals surface area contributed by atoms with E-state index in [1.165, 1.54) is 6.26 Å². The highest BCUT2D eigenvalue weighted by Crippen LogP contribution is 2.18. The molecule has 1 aromatic carbocycles. The fourth-order valence-electron chi connectivity index (χ4n) is 1.27. The van der Waals surface area contributed by atoms with Gasteiger partial charge in [-0.2, -0.15) is 5.26 Å². The molecule has 1 aromatic heterocycles. The fourth-order valence-corrected chi connectivity index (χ4v) is 1.27. The van der Waals surface area contributed by atoms with Crippen molar-refractivity contribution in [2.24, 2.45) is 0 Å². The molecule has 1 heterocycles. The van der Waals surface area contributed by atoms with Crippen LogP contribution in [-0.4, -0.2) is 4.98 Å². The second kappa shape index (κ2) is 3.75. The fraction of sp³-hybridized carbons (Fsp3) is 0.0909. The maximum absolute atomic E-state index is 8.55. The van der Waals surface area contributed by atoms with Gasteiger partial charge in [0.05, 0.1) is 18.7 Å². The average molecular weight is 184 g/mol. The smallest absolute Gasteiger partial charge is 0.225 e. The maximum atomic E-state index is 8.55. The van der Waals surface area contributed by atoms with Crippen LogP contribution in [0.5, 0.6) is 0 Å². The van der Waals surface area contributed by atoms with Crippen LogP contribution in [0.2, 0.25) is 0 Å². The third-order valence-corrected chi connectivity index (χ3v) is 1.89. The van der Waals surface area contributed by atoms with Gasteiger partial charge in [-0.3, -0.25) is 0 Å². The van der Waals surface area contributed by atoms with E-state index in [0.717, 1.165) is 11.1 Å². The van der Waals surface area contributed by atoms with E-state index in [1.807, 2.05) is 24.3 Å². The molecule has 0 aliphatic heterocycles. The molecule has 0 fully saturated rings. The lowest BCUT2D eigenvalue weighted by Crippen LogP contribution is -1.83. The molecule has 2 rings (SSSR count). The molecule has 0 aliphatic rings. The number of rotatable bonds is 2. The van der Waals surface area contributed by atoms with Gasteiger partial charge >= 0.3 is 0 Å². The SMILES string of the molecule is N#CCc1cccc(-c2ncco2)c1. The van der Waals surface area contributed by atoms with Crippen LogP contribution in [0.25, 0.3) is 11.5 Å². The second-order valence-corrected chi connectivity index (χ2v) is 2.87. The molecule has 0 saturated heterocycles. The van der Waals surface area contributed by atoms with Crippen LogP contribution in [0, 0.1) is 11.3 Å². The van der Waals surface area contributed by atoms with Gasteiger partial charge in [0.1, 0.15) is 6.26 Å². The normalized spacial score (nSPS) is 9.64. The third-order valence-electron chi connectivity index (χ3n) is 1.89. The summed E-state index contributed by atoms with van der Waals surface area (Å²) in [6.07, 6.45) is 3.55. The molecular weight excluding hydrogens is 176 g/mol. The van der Waals surface area contributed by atoms with Crippen molar-refractivity contribution in [2.75, 3.05) is 0 Å². The first-order chi connectivity index (χ1) is 6.90. The summed E-state index contributed by atoms with van der Waals surface area (Å²) in [5, 5.41) is 8.55. The number of aromatic nitrogens is 1. The number of nitrogens with zero attached hydrogens (tertiary/aromatic N) is 2. The van der Waals surface area contributed by atoms with Crippen molar-refractivity contribution in [1.29, 1.82) is 5.26 Å². The topological polar surface area (TPSA) is 49.8 Å². The van der Waals surface area contributed by atoms with Crippen LogP contribution < -0.4 is 0 Å². The largest absolute Gasteiger partial charge is 0.445 e. The van der Waals surface area contributed by atoms with E-state index in [1.54, 1.807) is 6.20 Å². The molecule has 0 bridgehead atoms. The summed E-state index contributed by atoms with van der Waals surface area (Å²) in [6, 6.07) is 9.73. The molecule has 0 aliphatic carbocycles. The second-order valence-electron chi connectivity index (χ2n) is 2.87. The minimum atomic E-state index is 0.411. The number of hydrogen-bond donors (Lipinski definition) is 0. The Balaban J connectivity index is 2.37. The van der Waals surface area contributed by atoms with Gasteiger partial charge in [-0.05, 0) is 17.7 Å². The summed E-state index contributed by atoms with van der Waals surface area (Å²) in [6.45, 7) is 0. The molecule has 0 amide bonds. The van der Waals surface area contributed by atoms with E-state index in [4.69, 9.17) is 9.68 Å². The lowest BCUT2D eigenvalue weighted by molar-refractivity contribution is 0.574. The maximum Gasteiger partial charge on any atom is 0.225 e. The molecule has 2 aromatic rings. The van der Waals surface area contributed by atoms with Gasteiger partial charge in [-0.1, -0.05) is 12.1 Å². The Kier molecular flexibility index (Phi) is 2.28. The van der Waals surface area contributed by atoms with Crippen molar-refractivity contribution < 1.29 is 4.42 Å². The van der Waals surface area contributed by atoms with Crippen LogP contribution in [0.1, 0.15) is 5.56 Å². The highest BCUT2D eigenvalue weighted by Gasteiger charge is 2.02. The van der Waals surface area contributed by atoms with Crippen molar-refractivity contribution in [3.8, 4) is 17.5 Å². The van der Waals surface area contributed by atoms with Crippen LogP contribution in [-0.2, 0) is 6.42 Å². The molecule has 0 N–H and O–H groups in total. The first-order valence-corrected chi connectivity index (χ1v) is 4.26. The highest BCUT2D eigenvalue weighted by atomic mass is 16.3. The van der Waals surface area contributed by atoms with Crippen LogP contribution in [0.4, 0.5) is 0 Å². The molecule has 68 valence electrons. The van der Waals surface area contributed by atoms with Crippen molar-refractivity contribution >= 4 is 0 Å². The Hall–Kier alpha value is -2.08. The zero-order chi connectivity index (χ0) is 9.80. The first kappa shape index (κ1) is 8.52. The van der Waals surface area contributed by atoms with Crippen molar-refractivity contribution in [3.63, 3.8) is 0 Å². The van der Waals surface area contributed by atoms with E-state index in [2.05, 4.69) is 11.1 Å². The molecule has 0 unspecified atom stereocenters. The van der Waals surface area contributed by atoms with E-state index in [0.29, 0.717) is 12.3 Å². The first-order valence-electron chi connectivity index (χ1n) is 4.26. The number of hydrogen-bond acceptors (Lipinski definition) is 3. The average Bonchev–Trinajstić information content (AvgIpc) is 2.71. The van der Waals surface area contributed by atoms with Gasteiger partial charge in [-0.15, -0.1) is 0 Å². The summed E-state index contributed by atoms with van der Waals surface area (Å²) < 4.78 is 5.16. The molecule has 3 nitrogen and oxygen atoms in total. The lowest BCUT2D eigenvalue weighted by Gasteiger charge is -1.97. The Morgan fingerprint density at radius 3 is 3.07 bits per heavy atom. The van der Waals surface area contributed by atoms with Crippen LogP contribution >= 0.6 is 0 Å². The zero-order valence-corrected chi connectivity index (χ0v) is 7.47. The molecular formula is C11H8N2O. The van der Waals surface area contributed by atoms with Gasteiger partial charge in [0.25, 0.3) is 0 Å². The van der Waals surface area contributed by atoms with E-state index >= 15 is 0 Å². The molecule has 0 radical (unpaired) electrons. The Morgan fingerprint density at radius 1 is 1.43 bits per heavy atom. The number of nitriles is 1. The minimum Gasteiger partial charge on any atom is -0.445 e. The summed E-state index contributed by atoms with van der Waals surface area (Å²) in [5.41, 5.74) is 1.88. The van der Waals surface area contributed by atoms with Gasteiger partial charge in [0.2, 0.25) is 5.89 Å². The number of oxazole rings is 1. The monoisotopic (exact) mass is 184 g/mol. The standard InChI is InChI=1S/C11H8N2O/c12-5-4-9-2-1-3-10(8-9)11-13-6-7-14-11/h1-3,6-8H,4H2. The summed E-state index contributed by atoms with van der Waals surface area (Å²) >= 11 is 0. The lowest BCUT2D eigenvalue weighted by atomic mass is 10.1. The molecule has 3 heteroatoms. The van der Waals surface area contributed by atoms with Crippen molar-refractivity contribution in [1.82, 2.24) is 4.98 Å². The molecule has 0 spiro atoms. The summed E-state index contributed by atoms with van der Waals surface area (Å²) in [4.78, 5) is 4.04. The van der Waals surface area contributed by atoms with E-state index < -0.39 is 0 Å². The predicted molar refractivity (Wildman–Crippen MR) is 51.3 cm³/mol. The molecule has 14 heavy (non-hydrogen) atoms. The van der Waals surface area contributed by atoms with Gasteiger partial charge in [0.15, 0.2) is 0 Å². The van der Waals surface area contributed by atoms with E-state index in [9.17, 15) is 0 Å². The predicted octanol–water partition coefficient (Wildman–Crippen LogP) is 2.41. The van der Waals surface area contributed by atoms with Crippen LogP contribution in [0.15, 0.2) is 41.1 Å². The molecule has 0 saturated carbocycles. The Morgan fingerprint density at radius 2 is 2.36 bits per heavy atom. The van der Waals surface area contributed by atoms with Crippen molar-refractivity contribution in [2.45, 2.75) is 6.42 Å².